The van der Waals surface area contributed by atoms with E-state index in [0.29, 0.717) is 28.4 Å². The normalized spacial score (nSPS) is 14.0. The van der Waals surface area contributed by atoms with Crippen molar-refractivity contribution in [3.05, 3.63) is 60.8 Å². The fourth-order valence-corrected chi connectivity index (χ4v) is 4.16. The molecule has 2 aromatic carbocycles. The van der Waals surface area contributed by atoms with Crippen molar-refractivity contribution in [1.29, 1.82) is 0 Å². The molecule has 158 valence electrons. The number of thioether (sulfide) groups is 1. The molecule has 1 fully saturated rings. The lowest BCUT2D eigenvalue weighted by molar-refractivity contribution is 0.252. The number of hydrogen-bond donors (Lipinski definition) is 1. The van der Waals surface area contributed by atoms with Crippen LogP contribution in [0.1, 0.15) is 12.8 Å². The van der Waals surface area contributed by atoms with Gasteiger partial charge in [-0.25, -0.2) is 4.68 Å². The summed E-state index contributed by atoms with van der Waals surface area (Å²) < 4.78 is 27.0. The van der Waals surface area contributed by atoms with Crippen molar-refractivity contribution in [1.82, 2.24) is 19.7 Å². The van der Waals surface area contributed by atoms with Gasteiger partial charge in [0.1, 0.15) is 5.82 Å². The van der Waals surface area contributed by atoms with Crippen LogP contribution in [0.15, 0.2) is 65.7 Å². The van der Waals surface area contributed by atoms with Crippen LogP contribution in [0.2, 0.25) is 0 Å². The number of halogens is 2. The zero-order valence-electron chi connectivity index (χ0n) is 16.6. The molecular weight excluding hydrogens is 418 g/mol. The molecule has 1 N–H and O–H groups in total. The summed E-state index contributed by atoms with van der Waals surface area (Å²) in [5, 5.41) is 8.67. The molecule has 0 bridgehead atoms. The van der Waals surface area contributed by atoms with E-state index in [-0.39, 0.29) is 0 Å². The highest BCUT2D eigenvalue weighted by Crippen LogP contribution is 2.31. The maximum Gasteiger partial charge on any atom is 0.288 e. The summed E-state index contributed by atoms with van der Waals surface area (Å²) in [5.74, 6) is -1.13. The minimum absolute atomic E-state index is 0.517. The smallest absolute Gasteiger partial charge is 0.288 e. The van der Waals surface area contributed by atoms with E-state index in [4.69, 9.17) is 9.97 Å². The summed E-state index contributed by atoms with van der Waals surface area (Å²) in [6.45, 7) is 1.84. The Bertz CT molecular complexity index is 1170. The van der Waals surface area contributed by atoms with Crippen molar-refractivity contribution in [2.75, 3.05) is 23.3 Å². The molecule has 1 saturated heterocycles. The number of benzene rings is 2. The SMILES string of the molecule is FC(F)Sc1ccc(Nc2nc(N3CCCC3)nc3c2cnn3-c2ccccc2)cc1. The summed E-state index contributed by atoms with van der Waals surface area (Å²) in [6.07, 6.45) is 3.98. The highest BCUT2D eigenvalue weighted by atomic mass is 32.2. The molecule has 0 aliphatic carbocycles. The van der Waals surface area contributed by atoms with Gasteiger partial charge in [0.15, 0.2) is 5.65 Å². The van der Waals surface area contributed by atoms with Gasteiger partial charge in [0, 0.05) is 23.7 Å². The standard InChI is InChI=1S/C22H20F2N6S/c23-21(24)31-17-10-8-15(9-11-17)26-19-18-14-25-30(16-6-2-1-3-7-16)20(18)28-22(27-19)29-12-4-5-13-29/h1-3,6-11,14,21H,4-5,12-13H2,(H,26,27,28). The number of fused-ring (bicyclic) bond motifs is 1. The van der Waals surface area contributed by atoms with Crippen LogP contribution < -0.4 is 10.2 Å². The number of para-hydroxylation sites is 1. The van der Waals surface area contributed by atoms with Crippen LogP contribution >= 0.6 is 11.8 Å². The minimum Gasteiger partial charge on any atom is -0.341 e. The number of aromatic nitrogens is 4. The Balaban J connectivity index is 1.55. The molecule has 5 rings (SSSR count). The van der Waals surface area contributed by atoms with Gasteiger partial charge in [0.05, 0.1) is 17.3 Å². The Morgan fingerprint density at radius 3 is 2.39 bits per heavy atom. The summed E-state index contributed by atoms with van der Waals surface area (Å²) in [6, 6.07) is 16.7. The van der Waals surface area contributed by atoms with E-state index in [2.05, 4.69) is 15.3 Å². The topological polar surface area (TPSA) is 58.9 Å². The van der Waals surface area contributed by atoms with E-state index in [1.165, 1.54) is 0 Å². The molecule has 0 unspecified atom stereocenters. The zero-order chi connectivity index (χ0) is 21.2. The third-order valence-electron chi connectivity index (χ3n) is 5.15. The molecule has 0 amide bonds. The maximum atomic E-state index is 12.6. The Morgan fingerprint density at radius 1 is 0.935 bits per heavy atom. The Hall–Kier alpha value is -3.20. The lowest BCUT2D eigenvalue weighted by atomic mass is 10.3. The second-order valence-corrected chi connectivity index (χ2v) is 8.29. The molecule has 9 heteroatoms. The van der Waals surface area contributed by atoms with Crippen molar-refractivity contribution >= 4 is 40.2 Å². The van der Waals surface area contributed by atoms with Crippen LogP contribution in [0.5, 0.6) is 0 Å². The van der Waals surface area contributed by atoms with Crippen molar-refractivity contribution < 1.29 is 8.78 Å². The number of hydrogen-bond acceptors (Lipinski definition) is 6. The van der Waals surface area contributed by atoms with E-state index < -0.39 is 5.76 Å². The predicted molar refractivity (Wildman–Crippen MR) is 120 cm³/mol. The molecule has 1 aliphatic rings. The van der Waals surface area contributed by atoms with E-state index >= 15 is 0 Å². The van der Waals surface area contributed by atoms with E-state index in [0.717, 1.165) is 48.3 Å². The second kappa shape index (κ2) is 8.50. The summed E-state index contributed by atoms with van der Waals surface area (Å²) in [5.41, 5.74) is 2.40. The quantitative estimate of drug-likeness (QED) is 0.403. The van der Waals surface area contributed by atoms with Gasteiger partial charge in [0.25, 0.3) is 5.76 Å². The molecule has 0 radical (unpaired) electrons. The maximum absolute atomic E-state index is 12.6. The number of anilines is 3. The van der Waals surface area contributed by atoms with Crippen LogP contribution in [0.25, 0.3) is 16.7 Å². The number of rotatable bonds is 6. The van der Waals surface area contributed by atoms with Crippen LogP contribution in [0, 0.1) is 0 Å². The Kier molecular flexibility index (Phi) is 5.42. The molecule has 1 aliphatic heterocycles. The molecule has 4 aromatic rings. The Labute approximate surface area is 182 Å². The molecule has 3 heterocycles. The van der Waals surface area contributed by atoms with Gasteiger partial charge in [-0.05, 0) is 49.2 Å². The lowest BCUT2D eigenvalue weighted by Crippen LogP contribution is -2.21. The van der Waals surface area contributed by atoms with Gasteiger partial charge < -0.3 is 10.2 Å². The molecule has 2 aromatic heterocycles. The first-order valence-electron chi connectivity index (χ1n) is 10.1. The first-order chi connectivity index (χ1) is 15.2. The van der Waals surface area contributed by atoms with Gasteiger partial charge in [-0.3, -0.25) is 0 Å². The van der Waals surface area contributed by atoms with Crippen molar-refractivity contribution in [2.45, 2.75) is 23.5 Å². The van der Waals surface area contributed by atoms with E-state index in [9.17, 15) is 8.78 Å². The average molecular weight is 439 g/mol. The minimum atomic E-state index is -2.44. The monoisotopic (exact) mass is 438 g/mol. The predicted octanol–water partition coefficient (Wildman–Crippen LogP) is 5.47. The van der Waals surface area contributed by atoms with Crippen LogP contribution in [-0.4, -0.2) is 38.6 Å². The van der Waals surface area contributed by atoms with Crippen molar-refractivity contribution in [2.24, 2.45) is 0 Å². The van der Waals surface area contributed by atoms with Crippen LogP contribution in [0.3, 0.4) is 0 Å². The van der Waals surface area contributed by atoms with Gasteiger partial charge in [-0.15, -0.1) is 0 Å². The number of alkyl halides is 2. The zero-order valence-corrected chi connectivity index (χ0v) is 17.4. The van der Waals surface area contributed by atoms with E-state index in [1.807, 2.05) is 35.0 Å². The van der Waals surface area contributed by atoms with Gasteiger partial charge >= 0.3 is 0 Å². The van der Waals surface area contributed by atoms with Gasteiger partial charge in [-0.1, -0.05) is 30.0 Å². The highest BCUT2D eigenvalue weighted by Gasteiger charge is 2.20. The fourth-order valence-electron chi connectivity index (χ4n) is 3.66. The highest BCUT2D eigenvalue weighted by molar-refractivity contribution is 7.99. The van der Waals surface area contributed by atoms with Crippen molar-refractivity contribution in [3.63, 3.8) is 0 Å². The molecule has 0 atom stereocenters. The largest absolute Gasteiger partial charge is 0.341 e. The average Bonchev–Trinajstić information content (AvgIpc) is 3.45. The first kappa shape index (κ1) is 19.7. The molecular formula is C22H20F2N6S. The second-order valence-electron chi connectivity index (χ2n) is 7.22. The molecule has 0 saturated carbocycles. The van der Waals surface area contributed by atoms with Crippen LogP contribution in [-0.2, 0) is 0 Å². The van der Waals surface area contributed by atoms with E-state index in [1.54, 1.807) is 30.5 Å². The van der Waals surface area contributed by atoms with Crippen molar-refractivity contribution in [3.8, 4) is 5.69 Å². The third-order valence-corrected chi connectivity index (χ3v) is 5.87. The molecule has 31 heavy (non-hydrogen) atoms. The molecule has 6 nitrogen and oxygen atoms in total. The lowest BCUT2D eigenvalue weighted by Gasteiger charge is -2.17. The van der Waals surface area contributed by atoms with Gasteiger partial charge in [-0.2, -0.15) is 23.8 Å². The summed E-state index contributed by atoms with van der Waals surface area (Å²) in [4.78, 5) is 12.3. The fraction of sp³-hybridized carbons (Fsp3) is 0.227. The Morgan fingerprint density at radius 2 is 1.68 bits per heavy atom. The third kappa shape index (κ3) is 4.18. The number of nitrogens with one attached hydrogen (secondary N) is 1. The van der Waals surface area contributed by atoms with Crippen LogP contribution in [0.4, 0.5) is 26.2 Å². The number of nitrogens with zero attached hydrogens (tertiary/aromatic N) is 5. The molecule has 0 spiro atoms. The van der Waals surface area contributed by atoms with Gasteiger partial charge in [0.2, 0.25) is 5.95 Å². The summed E-state index contributed by atoms with van der Waals surface area (Å²) in [7, 11) is 0. The summed E-state index contributed by atoms with van der Waals surface area (Å²) >= 11 is 0.529. The first-order valence-corrected chi connectivity index (χ1v) is 10.9.